The molecule has 0 fully saturated rings. The molecule has 1 amide bonds. The van der Waals surface area contributed by atoms with E-state index in [4.69, 9.17) is 4.74 Å². The van der Waals surface area contributed by atoms with Crippen LogP contribution in [-0.4, -0.2) is 18.2 Å². The van der Waals surface area contributed by atoms with Crippen molar-refractivity contribution in [1.29, 1.82) is 0 Å². The van der Waals surface area contributed by atoms with Crippen LogP contribution in [-0.2, 0) is 4.79 Å². The van der Waals surface area contributed by atoms with Gasteiger partial charge in [0.25, 0.3) is 5.91 Å². The first-order valence-electron chi connectivity index (χ1n) is 8.02. The zero-order chi connectivity index (χ0) is 16.8. The summed E-state index contributed by atoms with van der Waals surface area (Å²) in [6.07, 6.45) is 3.89. The van der Waals surface area contributed by atoms with E-state index in [-0.39, 0.29) is 12.5 Å². The van der Waals surface area contributed by atoms with Gasteiger partial charge in [-0.25, -0.2) is 5.43 Å². The van der Waals surface area contributed by atoms with Crippen molar-refractivity contribution in [2.45, 2.75) is 19.8 Å². The van der Waals surface area contributed by atoms with Crippen molar-refractivity contribution >= 4 is 11.6 Å². The van der Waals surface area contributed by atoms with E-state index in [1.54, 1.807) is 0 Å². The molecule has 0 spiro atoms. The van der Waals surface area contributed by atoms with Crippen molar-refractivity contribution in [3.05, 3.63) is 66.2 Å². The van der Waals surface area contributed by atoms with Crippen LogP contribution in [0.5, 0.6) is 5.75 Å². The second-order valence-electron chi connectivity index (χ2n) is 5.78. The molecule has 4 nitrogen and oxygen atoms in total. The molecule has 0 saturated carbocycles. The highest BCUT2D eigenvalue weighted by atomic mass is 16.5. The molecule has 0 bridgehead atoms. The minimum atomic E-state index is -0.261. The molecular formula is C20H20N2O2. The first kappa shape index (κ1) is 16.0. The zero-order valence-corrected chi connectivity index (χ0v) is 13.7. The highest BCUT2D eigenvalue weighted by Gasteiger charge is 2.09. The number of hydrazone groups is 1. The lowest BCUT2D eigenvalue weighted by atomic mass is 10.1. The van der Waals surface area contributed by atoms with Crippen LogP contribution in [0.3, 0.4) is 0 Å². The van der Waals surface area contributed by atoms with Crippen LogP contribution in [0.2, 0.25) is 0 Å². The predicted molar refractivity (Wildman–Crippen MR) is 95.9 cm³/mol. The Morgan fingerprint density at radius 3 is 2.58 bits per heavy atom. The number of benzene rings is 2. The molecule has 24 heavy (non-hydrogen) atoms. The molecule has 122 valence electrons. The molecule has 0 atom stereocenters. The van der Waals surface area contributed by atoms with Gasteiger partial charge >= 0.3 is 0 Å². The fourth-order valence-electron chi connectivity index (χ4n) is 2.60. The van der Waals surface area contributed by atoms with E-state index in [9.17, 15) is 4.79 Å². The first-order chi connectivity index (χ1) is 11.7. The largest absolute Gasteiger partial charge is 0.483 e. The predicted octanol–water partition coefficient (Wildman–Crippen LogP) is 3.94. The van der Waals surface area contributed by atoms with Gasteiger partial charge in [-0.15, -0.1) is 0 Å². The summed E-state index contributed by atoms with van der Waals surface area (Å²) in [5, 5.41) is 4.13. The molecule has 0 unspecified atom stereocenters. The van der Waals surface area contributed by atoms with Gasteiger partial charge in [0.2, 0.25) is 0 Å². The van der Waals surface area contributed by atoms with E-state index in [2.05, 4.69) is 17.5 Å². The number of allylic oxidation sites excluding steroid dienone is 2. The smallest absolute Gasteiger partial charge is 0.277 e. The second kappa shape index (κ2) is 7.59. The van der Waals surface area contributed by atoms with E-state index >= 15 is 0 Å². The topological polar surface area (TPSA) is 50.7 Å². The van der Waals surface area contributed by atoms with Crippen molar-refractivity contribution in [2.24, 2.45) is 5.10 Å². The molecule has 1 N–H and O–H groups in total. The number of rotatable bonds is 5. The quantitative estimate of drug-likeness (QED) is 0.848. The molecule has 1 aliphatic rings. The molecule has 2 aromatic carbocycles. The third kappa shape index (κ3) is 4.10. The minimum absolute atomic E-state index is 0.0661. The first-order valence-corrected chi connectivity index (χ1v) is 8.02. The summed E-state index contributed by atoms with van der Waals surface area (Å²) in [5.41, 5.74) is 6.77. The molecule has 3 rings (SSSR count). The molecule has 1 aliphatic carbocycles. The van der Waals surface area contributed by atoms with Gasteiger partial charge in [0.05, 0.1) is 5.71 Å². The van der Waals surface area contributed by atoms with Crippen LogP contribution < -0.4 is 10.2 Å². The molecule has 0 aromatic heterocycles. The standard InChI is InChI=1S/C20H20N2O2/c1-15-11-12-17(13-15)21-22-20(23)14-24-19-10-6-5-9-18(19)16-7-3-2-4-8-16/h2-10,13H,11-12,14H2,1H3,(H,22,23)/b21-17-. The lowest BCUT2D eigenvalue weighted by Gasteiger charge is -2.11. The summed E-state index contributed by atoms with van der Waals surface area (Å²) in [5.74, 6) is 0.423. The van der Waals surface area contributed by atoms with Crippen LogP contribution in [0, 0.1) is 0 Å². The van der Waals surface area contributed by atoms with E-state index in [1.165, 1.54) is 5.57 Å². The average molecular weight is 320 g/mol. The van der Waals surface area contributed by atoms with Gasteiger partial charge in [-0.2, -0.15) is 5.10 Å². The maximum absolute atomic E-state index is 11.9. The van der Waals surface area contributed by atoms with Crippen molar-refractivity contribution in [3.63, 3.8) is 0 Å². The number of carbonyl (C=O) groups is 1. The maximum Gasteiger partial charge on any atom is 0.277 e. The van der Waals surface area contributed by atoms with Crippen molar-refractivity contribution in [3.8, 4) is 16.9 Å². The Balaban J connectivity index is 1.62. The Kier molecular flexibility index (Phi) is 5.06. The van der Waals surface area contributed by atoms with Crippen LogP contribution in [0.25, 0.3) is 11.1 Å². The van der Waals surface area contributed by atoms with Crippen LogP contribution >= 0.6 is 0 Å². The summed E-state index contributed by atoms with van der Waals surface area (Å²) in [6, 6.07) is 17.7. The molecule has 4 heteroatoms. The Bertz CT molecular complexity index is 779. The molecule has 0 heterocycles. The Labute approximate surface area is 141 Å². The van der Waals surface area contributed by atoms with Gasteiger partial charge in [0.15, 0.2) is 6.61 Å². The van der Waals surface area contributed by atoms with Crippen LogP contribution in [0.4, 0.5) is 0 Å². The highest BCUT2D eigenvalue weighted by molar-refractivity contribution is 5.98. The van der Waals surface area contributed by atoms with Gasteiger partial charge in [0, 0.05) is 5.56 Å². The van der Waals surface area contributed by atoms with E-state index in [0.717, 1.165) is 29.7 Å². The van der Waals surface area contributed by atoms with Gasteiger partial charge in [-0.3, -0.25) is 4.79 Å². The van der Waals surface area contributed by atoms with Gasteiger partial charge in [0.1, 0.15) is 5.75 Å². The average Bonchev–Trinajstić information content (AvgIpc) is 3.04. The number of nitrogens with one attached hydrogen (secondary N) is 1. The van der Waals surface area contributed by atoms with Crippen LogP contribution in [0.1, 0.15) is 19.8 Å². The van der Waals surface area contributed by atoms with E-state index in [0.29, 0.717) is 5.75 Å². The monoisotopic (exact) mass is 320 g/mol. The van der Waals surface area contributed by atoms with Crippen molar-refractivity contribution < 1.29 is 9.53 Å². The summed E-state index contributed by atoms with van der Waals surface area (Å²) >= 11 is 0. The lowest BCUT2D eigenvalue weighted by molar-refractivity contribution is -0.123. The summed E-state index contributed by atoms with van der Waals surface area (Å²) in [4.78, 5) is 11.9. The number of ether oxygens (including phenoxy) is 1. The third-order valence-corrected chi connectivity index (χ3v) is 3.84. The fourth-order valence-corrected chi connectivity index (χ4v) is 2.60. The Morgan fingerprint density at radius 1 is 1.08 bits per heavy atom. The Morgan fingerprint density at radius 2 is 1.83 bits per heavy atom. The maximum atomic E-state index is 11.9. The lowest BCUT2D eigenvalue weighted by Crippen LogP contribution is -2.25. The Hall–Kier alpha value is -2.88. The summed E-state index contributed by atoms with van der Waals surface area (Å²) < 4.78 is 5.69. The van der Waals surface area contributed by atoms with Gasteiger partial charge in [-0.05, 0) is 37.5 Å². The highest BCUT2D eigenvalue weighted by Crippen LogP contribution is 2.29. The SMILES string of the molecule is CC1=C/C(=N\NC(=O)COc2ccccc2-c2ccccc2)CC1. The number of nitrogens with zero attached hydrogens (tertiary/aromatic N) is 1. The number of hydrogen-bond acceptors (Lipinski definition) is 3. The molecule has 0 saturated heterocycles. The number of amides is 1. The second-order valence-corrected chi connectivity index (χ2v) is 5.78. The molecule has 0 aliphatic heterocycles. The normalized spacial score (nSPS) is 15.2. The summed E-state index contributed by atoms with van der Waals surface area (Å²) in [7, 11) is 0. The number of hydrogen-bond donors (Lipinski definition) is 1. The number of carbonyl (C=O) groups excluding carboxylic acids is 1. The van der Waals surface area contributed by atoms with Crippen molar-refractivity contribution in [1.82, 2.24) is 5.43 Å². The van der Waals surface area contributed by atoms with E-state index in [1.807, 2.05) is 60.7 Å². The molecular weight excluding hydrogens is 300 g/mol. The van der Waals surface area contributed by atoms with E-state index < -0.39 is 0 Å². The van der Waals surface area contributed by atoms with Crippen LogP contribution in [0.15, 0.2) is 71.3 Å². The van der Waals surface area contributed by atoms with Gasteiger partial charge < -0.3 is 4.74 Å². The zero-order valence-electron chi connectivity index (χ0n) is 13.7. The third-order valence-electron chi connectivity index (χ3n) is 3.84. The fraction of sp³-hybridized carbons (Fsp3) is 0.200. The van der Waals surface area contributed by atoms with Crippen molar-refractivity contribution in [2.75, 3.05) is 6.61 Å². The summed E-state index contributed by atoms with van der Waals surface area (Å²) in [6.45, 7) is 2.00. The number of para-hydroxylation sites is 1. The minimum Gasteiger partial charge on any atom is -0.483 e. The van der Waals surface area contributed by atoms with Gasteiger partial charge in [-0.1, -0.05) is 54.1 Å². The molecule has 2 aromatic rings. The molecule has 0 radical (unpaired) electrons.